The lowest BCUT2D eigenvalue weighted by molar-refractivity contribution is -0.147. The molecule has 1 aromatic rings. The highest BCUT2D eigenvalue weighted by Crippen LogP contribution is 2.14. The molecule has 0 radical (unpaired) electrons. The molecule has 1 aliphatic rings. The minimum absolute atomic E-state index is 0.104. The molecule has 1 fully saturated rings. The van der Waals surface area contributed by atoms with Gasteiger partial charge in [-0.25, -0.2) is 0 Å². The largest absolute Gasteiger partial charge is 0.494 e. The van der Waals surface area contributed by atoms with Crippen LogP contribution in [0.2, 0.25) is 0 Å². The molecular weight excluding hydrogens is 406 g/mol. The van der Waals surface area contributed by atoms with E-state index in [0.29, 0.717) is 37.6 Å². The van der Waals surface area contributed by atoms with Gasteiger partial charge in [0.25, 0.3) is 5.91 Å². The first-order valence-electron chi connectivity index (χ1n) is 10.2. The maximum absolute atomic E-state index is 12.5. The van der Waals surface area contributed by atoms with E-state index in [1.807, 2.05) is 13.8 Å². The third-order valence-electron chi connectivity index (χ3n) is 4.52. The molecule has 0 bridgehead atoms. The van der Waals surface area contributed by atoms with Gasteiger partial charge in [0, 0.05) is 18.7 Å². The number of piperazine rings is 1. The minimum atomic E-state index is -0.814. The van der Waals surface area contributed by atoms with E-state index >= 15 is 0 Å². The van der Waals surface area contributed by atoms with Gasteiger partial charge in [-0.1, -0.05) is 20.3 Å². The molecule has 1 heterocycles. The van der Waals surface area contributed by atoms with Gasteiger partial charge in [-0.2, -0.15) is 0 Å². The number of esters is 1. The Balaban J connectivity index is 1.97. The Labute approximate surface area is 182 Å². The molecule has 0 spiro atoms. The molecule has 1 atom stereocenters. The summed E-state index contributed by atoms with van der Waals surface area (Å²) >= 11 is 5.36. The molecule has 30 heavy (non-hydrogen) atoms. The summed E-state index contributed by atoms with van der Waals surface area (Å²) in [5, 5.41) is 5.48. The summed E-state index contributed by atoms with van der Waals surface area (Å²) in [6.07, 6.45) is 2.44. The van der Waals surface area contributed by atoms with Gasteiger partial charge < -0.3 is 19.7 Å². The highest BCUT2D eigenvalue weighted by atomic mass is 32.1. The van der Waals surface area contributed by atoms with Crippen LogP contribution in [-0.4, -0.2) is 60.1 Å². The summed E-state index contributed by atoms with van der Waals surface area (Å²) in [7, 11) is 0. The predicted molar refractivity (Wildman–Crippen MR) is 116 cm³/mol. The number of benzene rings is 1. The van der Waals surface area contributed by atoms with Crippen LogP contribution in [0, 0.1) is 0 Å². The lowest BCUT2D eigenvalue weighted by Gasteiger charge is -2.36. The van der Waals surface area contributed by atoms with Gasteiger partial charge in [0.15, 0.2) is 5.11 Å². The highest BCUT2D eigenvalue weighted by molar-refractivity contribution is 7.80. The average molecular weight is 436 g/mol. The van der Waals surface area contributed by atoms with Crippen LogP contribution in [0.15, 0.2) is 24.3 Å². The summed E-state index contributed by atoms with van der Waals surface area (Å²) in [5.41, 5.74) is 0.415. The van der Waals surface area contributed by atoms with Crippen LogP contribution in [0.25, 0.3) is 0 Å². The summed E-state index contributed by atoms with van der Waals surface area (Å²) in [5.74, 6) is -0.488. The fraction of sp³-hybridized carbons (Fsp3) is 0.524. The van der Waals surface area contributed by atoms with Crippen LogP contribution in [0.3, 0.4) is 0 Å². The lowest BCUT2D eigenvalue weighted by Crippen LogP contribution is -2.60. The standard InChI is InChI=1S/C21H29N3O5S/c1-3-5-13-29-18(25)14-17-20(27)22-10-11-24(17)21(30)23-19(26)15-6-8-16(9-7-15)28-12-4-2/h6-9,17H,3-5,10-14H2,1-2H3,(H,22,27)(H,23,26,30). The van der Waals surface area contributed by atoms with Crippen LogP contribution in [0.1, 0.15) is 49.9 Å². The van der Waals surface area contributed by atoms with E-state index in [4.69, 9.17) is 21.7 Å². The Morgan fingerprint density at radius 3 is 2.60 bits per heavy atom. The summed E-state index contributed by atoms with van der Waals surface area (Å²) in [4.78, 5) is 38.5. The van der Waals surface area contributed by atoms with Gasteiger partial charge in [0.1, 0.15) is 11.8 Å². The molecule has 1 aliphatic heterocycles. The highest BCUT2D eigenvalue weighted by Gasteiger charge is 2.34. The van der Waals surface area contributed by atoms with Crippen LogP contribution < -0.4 is 15.4 Å². The minimum Gasteiger partial charge on any atom is -0.494 e. The number of amides is 2. The fourth-order valence-corrected chi connectivity index (χ4v) is 3.18. The Bertz CT molecular complexity index is 754. The molecule has 0 aliphatic carbocycles. The first-order valence-corrected chi connectivity index (χ1v) is 10.6. The number of ether oxygens (including phenoxy) is 2. The Kier molecular flexibility index (Phi) is 9.53. The number of carbonyl (C=O) groups excluding carboxylic acids is 3. The van der Waals surface area contributed by atoms with Gasteiger partial charge in [0.2, 0.25) is 5.91 Å². The number of hydrogen-bond acceptors (Lipinski definition) is 6. The zero-order chi connectivity index (χ0) is 21.9. The van der Waals surface area contributed by atoms with Crippen LogP contribution >= 0.6 is 12.2 Å². The van der Waals surface area contributed by atoms with E-state index in [-0.39, 0.29) is 17.4 Å². The van der Waals surface area contributed by atoms with Crippen LogP contribution in [0.4, 0.5) is 0 Å². The summed E-state index contributed by atoms with van der Waals surface area (Å²) in [6.45, 7) is 5.71. The number of rotatable bonds is 9. The van der Waals surface area contributed by atoms with Crippen LogP contribution in [0.5, 0.6) is 5.75 Å². The zero-order valence-electron chi connectivity index (χ0n) is 17.4. The van der Waals surface area contributed by atoms with Crippen molar-refractivity contribution >= 4 is 35.1 Å². The lowest BCUT2D eigenvalue weighted by atomic mass is 10.1. The maximum atomic E-state index is 12.5. The van der Waals surface area contributed by atoms with Gasteiger partial charge in [-0.15, -0.1) is 0 Å². The van der Waals surface area contributed by atoms with E-state index in [2.05, 4.69) is 10.6 Å². The summed E-state index contributed by atoms with van der Waals surface area (Å²) in [6, 6.07) is 5.92. The van der Waals surface area contributed by atoms with Crippen LogP contribution in [-0.2, 0) is 14.3 Å². The Morgan fingerprint density at radius 1 is 1.20 bits per heavy atom. The molecule has 164 valence electrons. The van der Waals surface area contributed by atoms with E-state index in [0.717, 1.165) is 19.3 Å². The molecule has 1 saturated heterocycles. The number of thiocarbonyl (C=S) groups is 1. The normalized spacial score (nSPS) is 15.9. The number of carbonyl (C=O) groups is 3. The summed E-state index contributed by atoms with van der Waals surface area (Å²) < 4.78 is 10.7. The SMILES string of the molecule is CCCCOC(=O)CC1C(=O)NCCN1C(=S)NC(=O)c1ccc(OCCC)cc1. The molecule has 1 aromatic carbocycles. The van der Waals surface area contributed by atoms with Gasteiger partial charge >= 0.3 is 5.97 Å². The van der Waals surface area contributed by atoms with Crippen molar-refractivity contribution in [3.05, 3.63) is 29.8 Å². The molecule has 2 N–H and O–H groups in total. The second-order valence-electron chi connectivity index (χ2n) is 6.91. The van der Waals surface area contributed by atoms with E-state index < -0.39 is 17.9 Å². The first kappa shape index (κ1) is 23.6. The second kappa shape index (κ2) is 12.1. The molecular formula is C21H29N3O5S. The van der Waals surface area contributed by atoms with Crippen molar-refractivity contribution in [3.8, 4) is 5.75 Å². The quantitative estimate of drug-likeness (QED) is 0.348. The Morgan fingerprint density at radius 2 is 1.93 bits per heavy atom. The predicted octanol–water partition coefficient (Wildman–Crippen LogP) is 2.02. The smallest absolute Gasteiger partial charge is 0.308 e. The molecule has 2 rings (SSSR count). The van der Waals surface area contributed by atoms with Crippen molar-refractivity contribution in [2.45, 2.75) is 45.6 Å². The third-order valence-corrected chi connectivity index (χ3v) is 4.86. The topological polar surface area (TPSA) is 97.0 Å². The molecule has 9 heteroatoms. The van der Waals surface area contributed by atoms with Crippen molar-refractivity contribution in [1.82, 2.24) is 15.5 Å². The number of nitrogens with zero attached hydrogens (tertiary/aromatic N) is 1. The van der Waals surface area contributed by atoms with Crippen molar-refractivity contribution in [2.75, 3.05) is 26.3 Å². The van der Waals surface area contributed by atoms with E-state index in [1.165, 1.54) is 0 Å². The van der Waals surface area contributed by atoms with Crippen molar-refractivity contribution < 1.29 is 23.9 Å². The fourth-order valence-electron chi connectivity index (χ4n) is 2.87. The average Bonchev–Trinajstić information content (AvgIpc) is 2.74. The van der Waals surface area contributed by atoms with Crippen molar-refractivity contribution in [2.24, 2.45) is 0 Å². The third kappa shape index (κ3) is 6.98. The van der Waals surface area contributed by atoms with Gasteiger partial charge in [-0.3, -0.25) is 19.7 Å². The number of unbranched alkanes of at least 4 members (excludes halogenated alkanes) is 1. The number of hydrogen-bond donors (Lipinski definition) is 2. The molecule has 2 amide bonds. The molecule has 1 unspecified atom stereocenters. The van der Waals surface area contributed by atoms with Crippen molar-refractivity contribution in [3.63, 3.8) is 0 Å². The molecule has 0 aromatic heterocycles. The van der Waals surface area contributed by atoms with Crippen molar-refractivity contribution in [1.29, 1.82) is 0 Å². The first-order chi connectivity index (χ1) is 14.5. The maximum Gasteiger partial charge on any atom is 0.308 e. The molecule has 0 saturated carbocycles. The van der Waals surface area contributed by atoms with E-state index in [9.17, 15) is 14.4 Å². The van der Waals surface area contributed by atoms with Gasteiger partial charge in [-0.05, 0) is 49.3 Å². The monoisotopic (exact) mass is 435 g/mol. The number of nitrogens with one attached hydrogen (secondary N) is 2. The molecule has 8 nitrogen and oxygen atoms in total. The Hall–Kier alpha value is -2.68. The van der Waals surface area contributed by atoms with Gasteiger partial charge in [0.05, 0.1) is 19.6 Å². The zero-order valence-corrected chi connectivity index (χ0v) is 18.3. The second-order valence-corrected chi connectivity index (χ2v) is 7.30. The van der Waals surface area contributed by atoms with E-state index in [1.54, 1.807) is 29.2 Å².